The van der Waals surface area contributed by atoms with Gasteiger partial charge in [-0.2, -0.15) is 0 Å². The van der Waals surface area contributed by atoms with Crippen molar-refractivity contribution >= 4 is 29.0 Å². The smallest absolute Gasteiger partial charge is 0.334 e. The Morgan fingerprint density at radius 1 is 0.880 bits per heavy atom. The van der Waals surface area contributed by atoms with Crippen LogP contribution in [-0.2, 0) is 36.8 Å². The van der Waals surface area contributed by atoms with Gasteiger partial charge in [0.15, 0.2) is 0 Å². The number of hydrogen-bond acceptors (Lipinski definition) is 6. The first-order chi connectivity index (χ1) is 24.3. The molecule has 0 N–H and O–H groups in total. The minimum atomic E-state index is -0.743. The molecule has 1 atom stereocenters. The Hall–Kier alpha value is -5.38. The topological polar surface area (TPSA) is 75.0 Å². The van der Waals surface area contributed by atoms with Gasteiger partial charge in [0.05, 0.1) is 12.0 Å². The van der Waals surface area contributed by atoms with Gasteiger partial charge in [0.2, 0.25) is 0 Å². The Bertz CT molecular complexity index is 1960. The zero-order valence-electron chi connectivity index (χ0n) is 29.2. The molecule has 6 heteroatoms. The van der Waals surface area contributed by atoms with Gasteiger partial charge in [0, 0.05) is 42.0 Å². The summed E-state index contributed by atoms with van der Waals surface area (Å²) in [6.07, 6.45) is 3.35. The lowest BCUT2D eigenvalue weighted by Gasteiger charge is -2.28. The van der Waals surface area contributed by atoms with Crippen LogP contribution < -0.4 is 0 Å². The number of carbonyl (C=O) groups excluding carboxylic acids is 2. The molecule has 1 unspecified atom stereocenters. The maximum Gasteiger partial charge on any atom is 0.334 e. The highest BCUT2D eigenvalue weighted by molar-refractivity contribution is 5.95. The van der Waals surface area contributed by atoms with Crippen molar-refractivity contribution in [2.75, 3.05) is 13.7 Å². The molecule has 0 saturated carbocycles. The number of furan rings is 1. The van der Waals surface area contributed by atoms with Gasteiger partial charge in [0.25, 0.3) is 0 Å². The molecule has 50 heavy (non-hydrogen) atoms. The first-order valence-corrected chi connectivity index (χ1v) is 17.1. The molecule has 1 aliphatic heterocycles. The first-order valence-electron chi connectivity index (χ1n) is 17.1. The summed E-state index contributed by atoms with van der Waals surface area (Å²) in [5.74, 6) is 6.50. The van der Waals surface area contributed by atoms with Gasteiger partial charge in [-0.1, -0.05) is 104 Å². The predicted molar refractivity (Wildman–Crippen MR) is 197 cm³/mol. The summed E-state index contributed by atoms with van der Waals surface area (Å²) >= 11 is 0. The maximum atomic E-state index is 13.4. The molecule has 5 aromatic rings. The van der Waals surface area contributed by atoms with Crippen molar-refractivity contribution in [2.24, 2.45) is 5.41 Å². The number of aryl methyl sites for hydroxylation is 1. The van der Waals surface area contributed by atoms with Crippen LogP contribution in [0, 0.1) is 24.2 Å². The molecule has 0 amide bonds. The zero-order valence-corrected chi connectivity index (χ0v) is 29.2. The molecule has 0 bridgehead atoms. The molecule has 4 aromatic carbocycles. The van der Waals surface area contributed by atoms with E-state index in [1.165, 1.54) is 11.1 Å². The summed E-state index contributed by atoms with van der Waals surface area (Å²) in [7, 11) is 1.70. The van der Waals surface area contributed by atoms with Gasteiger partial charge < -0.3 is 18.6 Å². The number of carbonyl (C=O) groups is 2. The van der Waals surface area contributed by atoms with E-state index in [2.05, 4.69) is 30.9 Å². The standard InChI is InChI=1S/C36H34O5.C8H10O/c1-4-36(5-2,35(38)39-24-32-22-30(34(37)41-32)20-27-9-7-6-8-10-27)23-31-21-29-19-28(17-18-33(29)40-31)16-15-26-13-11-25(3)12-14-26;1-9-7-8-5-3-2-4-6-8/h6-14,17-21,32H,4-5,22-24H2,1-3H3;2-6H,7H2,1H3/b30-20+;. The molecule has 6 rings (SSSR count). The van der Waals surface area contributed by atoms with Crippen LogP contribution in [-0.4, -0.2) is 31.8 Å². The minimum absolute atomic E-state index is 0.0294. The van der Waals surface area contributed by atoms with Crippen LogP contribution in [0.15, 0.2) is 119 Å². The van der Waals surface area contributed by atoms with Crippen LogP contribution in [0.3, 0.4) is 0 Å². The van der Waals surface area contributed by atoms with E-state index in [4.69, 9.17) is 18.6 Å². The second kappa shape index (κ2) is 17.3. The van der Waals surface area contributed by atoms with Crippen molar-refractivity contribution in [1.82, 2.24) is 0 Å². The van der Waals surface area contributed by atoms with E-state index in [0.29, 0.717) is 37.9 Å². The van der Waals surface area contributed by atoms with Gasteiger partial charge in [-0.05, 0) is 73.4 Å². The molecule has 6 nitrogen and oxygen atoms in total. The summed E-state index contributed by atoms with van der Waals surface area (Å²) in [4.78, 5) is 25.8. The number of cyclic esters (lactones) is 1. The number of benzene rings is 4. The number of hydrogen-bond donors (Lipinski definition) is 0. The quantitative estimate of drug-likeness (QED) is 0.0839. The van der Waals surface area contributed by atoms with Crippen LogP contribution in [0.1, 0.15) is 66.7 Å². The van der Waals surface area contributed by atoms with Crippen LogP contribution in [0.2, 0.25) is 0 Å². The van der Waals surface area contributed by atoms with Crippen LogP contribution in [0.4, 0.5) is 0 Å². The summed E-state index contributed by atoms with van der Waals surface area (Å²) in [5, 5.41) is 0.945. The van der Waals surface area contributed by atoms with E-state index < -0.39 is 11.5 Å². The Morgan fingerprint density at radius 3 is 2.22 bits per heavy atom. The number of rotatable bonds is 10. The van der Waals surface area contributed by atoms with E-state index in [1.807, 2.05) is 117 Å². The van der Waals surface area contributed by atoms with Crippen LogP contribution in [0.25, 0.3) is 17.0 Å². The molecule has 1 aromatic heterocycles. The van der Waals surface area contributed by atoms with Crippen molar-refractivity contribution in [1.29, 1.82) is 0 Å². The SMILES string of the molecule is CCC(CC)(Cc1cc2cc(C#Cc3ccc(C)cc3)ccc2o1)C(=O)OCC1C/C(=C\c2ccccc2)C(=O)O1.COCc1ccccc1. The summed E-state index contributed by atoms with van der Waals surface area (Å²) in [6.45, 7) is 6.77. The van der Waals surface area contributed by atoms with Crippen molar-refractivity contribution in [3.63, 3.8) is 0 Å². The lowest BCUT2D eigenvalue weighted by Crippen LogP contribution is -2.35. The van der Waals surface area contributed by atoms with Gasteiger partial charge in [0.1, 0.15) is 24.1 Å². The second-order valence-electron chi connectivity index (χ2n) is 12.6. The van der Waals surface area contributed by atoms with E-state index in [-0.39, 0.29) is 18.5 Å². The molecule has 2 heterocycles. The summed E-state index contributed by atoms with van der Waals surface area (Å²) in [5.41, 5.74) is 5.82. The molecule has 1 fully saturated rings. The third-order valence-electron chi connectivity index (χ3n) is 8.95. The molecule has 256 valence electrons. The van der Waals surface area contributed by atoms with E-state index in [9.17, 15) is 9.59 Å². The van der Waals surface area contributed by atoms with E-state index in [1.54, 1.807) is 7.11 Å². The minimum Gasteiger partial charge on any atom is -0.461 e. The first kappa shape index (κ1) is 35.9. The third kappa shape index (κ3) is 9.62. The van der Waals surface area contributed by atoms with Crippen molar-refractivity contribution in [3.8, 4) is 11.8 Å². The summed E-state index contributed by atoms with van der Waals surface area (Å²) < 4.78 is 22.3. The number of ether oxygens (including phenoxy) is 3. The molecule has 0 radical (unpaired) electrons. The normalized spacial score (nSPS) is 14.8. The average molecular weight is 669 g/mol. The zero-order chi connectivity index (χ0) is 35.3. The fourth-order valence-corrected chi connectivity index (χ4v) is 5.86. The van der Waals surface area contributed by atoms with E-state index in [0.717, 1.165) is 33.4 Å². The molecule has 0 spiro atoms. The molecular weight excluding hydrogens is 624 g/mol. The number of esters is 2. The fraction of sp³-hybridized carbons (Fsp3) is 0.273. The highest BCUT2D eigenvalue weighted by atomic mass is 16.6. The maximum absolute atomic E-state index is 13.4. The largest absolute Gasteiger partial charge is 0.461 e. The highest BCUT2D eigenvalue weighted by Crippen LogP contribution is 2.35. The van der Waals surface area contributed by atoms with Crippen LogP contribution >= 0.6 is 0 Å². The third-order valence-corrected chi connectivity index (χ3v) is 8.95. The molecule has 1 aliphatic rings. The summed E-state index contributed by atoms with van der Waals surface area (Å²) in [6, 6.07) is 35.7. The Kier molecular flexibility index (Phi) is 12.4. The van der Waals surface area contributed by atoms with Gasteiger partial charge >= 0.3 is 11.9 Å². The molecule has 0 aliphatic carbocycles. The van der Waals surface area contributed by atoms with Crippen LogP contribution in [0.5, 0.6) is 0 Å². The van der Waals surface area contributed by atoms with Crippen molar-refractivity contribution in [3.05, 3.63) is 148 Å². The van der Waals surface area contributed by atoms with Gasteiger partial charge in [-0.3, -0.25) is 4.79 Å². The number of fused-ring (bicyclic) bond motifs is 1. The van der Waals surface area contributed by atoms with Crippen molar-refractivity contribution in [2.45, 2.75) is 59.2 Å². The Morgan fingerprint density at radius 2 is 1.54 bits per heavy atom. The molecule has 1 saturated heterocycles. The molecular formula is C44H44O6. The van der Waals surface area contributed by atoms with E-state index >= 15 is 0 Å². The second-order valence-corrected chi connectivity index (χ2v) is 12.6. The lowest BCUT2D eigenvalue weighted by atomic mass is 9.78. The predicted octanol–water partition coefficient (Wildman–Crippen LogP) is 9.27. The lowest BCUT2D eigenvalue weighted by molar-refractivity contribution is -0.162. The number of methoxy groups -OCH3 is 1. The Labute approximate surface area is 295 Å². The van der Waals surface area contributed by atoms with Crippen molar-refractivity contribution < 1.29 is 28.2 Å². The highest BCUT2D eigenvalue weighted by Gasteiger charge is 2.39. The monoisotopic (exact) mass is 668 g/mol. The Balaban J connectivity index is 0.000000470. The fourth-order valence-electron chi connectivity index (χ4n) is 5.86. The van der Waals surface area contributed by atoms with Gasteiger partial charge in [-0.25, -0.2) is 4.79 Å². The van der Waals surface area contributed by atoms with Gasteiger partial charge in [-0.15, -0.1) is 0 Å². The average Bonchev–Trinajstić information content (AvgIpc) is 3.71.